The second-order valence-electron chi connectivity index (χ2n) is 5.09. The third kappa shape index (κ3) is 3.18. The number of nitrogens with two attached hydrogens (primary N) is 1. The normalized spacial score (nSPS) is 19.4. The lowest BCUT2D eigenvalue weighted by Crippen LogP contribution is -2.49. The van der Waals surface area contributed by atoms with E-state index in [1.165, 1.54) is 12.8 Å². The van der Waals surface area contributed by atoms with Crippen LogP contribution in [0.3, 0.4) is 0 Å². The Kier molecular flexibility index (Phi) is 5.37. The molecular weight excluding hydrogens is 232 g/mol. The third-order valence-corrected chi connectivity index (χ3v) is 4.13. The first-order chi connectivity index (χ1) is 8.04. The molecular formula is C13H24N2OS. The third-order valence-electron chi connectivity index (χ3n) is 3.74. The second-order valence-corrected chi connectivity index (χ2v) is 5.53. The van der Waals surface area contributed by atoms with Crippen molar-refractivity contribution in [1.82, 2.24) is 4.90 Å². The fraction of sp³-hybridized carbons (Fsp3) is 0.846. The lowest BCUT2D eigenvalue weighted by molar-refractivity contribution is -0.137. The Labute approximate surface area is 110 Å². The summed E-state index contributed by atoms with van der Waals surface area (Å²) < 4.78 is 0. The summed E-state index contributed by atoms with van der Waals surface area (Å²) in [6.07, 6.45) is 7.12. The standard InChI is InChI=1S/C13H24N2OS/c1-3-10-15(2)12(16)13(11(14)17)8-6-4-5-7-9-13/h3-10H2,1-2H3,(H2,14,17). The minimum Gasteiger partial charge on any atom is -0.392 e. The van der Waals surface area contributed by atoms with Crippen molar-refractivity contribution in [1.29, 1.82) is 0 Å². The first-order valence-electron chi connectivity index (χ1n) is 6.60. The zero-order valence-corrected chi connectivity index (χ0v) is 11.8. The fourth-order valence-corrected chi connectivity index (χ4v) is 2.99. The van der Waals surface area contributed by atoms with Crippen LogP contribution in [0.5, 0.6) is 0 Å². The molecule has 0 unspecified atom stereocenters. The van der Waals surface area contributed by atoms with Crippen molar-refractivity contribution >= 4 is 23.1 Å². The molecule has 0 heterocycles. The van der Waals surface area contributed by atoms with Crippen molar-refractivity contribution in [3.8, 4) is 0 Å². The molecule has 0 aromatic heterocycles. The van der Waals surface area contributed by atoms with Crippen molar-refractivity contribution in [2.24, 2.45) is 11.1 Å². The molecule has 2 N–H and O–H groups in total. The Balaban J connectivity index is 2.89. The molecule has 0 aromatic carbocycles. The number of carbonyl (C=O) groups excluding carboxylic acids is 1. The van der Waals surface area contributed by atoms with E-state index in [9.17, 15) is 4.79 Å². The van der Waals surface area contributed by atoms with Gasteiger partial charge in [-0.1, -0.05) is 44.8 Å². The van der Waals surface area contributed by atoms with Gasteiger partial charge >= 0.3 is 0 Å². The average Bonchev–Trinajstić information content (AvgIpc) is 2.54. The maximum Gasteiger partial charge on any atom is 0.235 e. The zero-order chi connectivity index (χ0) is 12.9. The van der Waals surface area contributed by atoms with Crippen LogP contribution in [0.4, 0.5) is 0 Å². The highest BCUT2D eigenvalue weighted by molar-refractivity contribution is 7.80. The van der Waals surface area contributed by atoms with Crippen LogP contribution in [-0.4, -0.2) is 29.4 Å². The van der Waals surface area contributed by atoms with E-state index < -0.39 is 5.41 Å². The van der Waals surface area contributed by atoms with Crippen molar-refractivity contribution in [2.75, 3.05) is 13.6 Å². The Morgan fingerprint density at radius 1 is 1.29 bits per heavy atom. The van der Waals surface area contributed by atoms with Crippen molar-refractivity contribution in [2.45, 2.75) is 51.9 Å². The molecule has 1 amide bonds. The molecule has 17 heavy (non-hydrogen) atoms. The van der Waals surface area contributed by atoms with E-state index in [0.29, 0.717) is 4.99 Å². The summed E-state index contributed by atoms with van der Waals surface area (Å²) in [5.74, 6) is 0.133. The minimum atomic E-state index is -0.560. The molecule has 98 valence electrons. The Hall–Kier alpha value is -0.640. The summed E-state index contributed by atoms with van der Waals surface area (Å²) in [5, 5.41) is 0. The first kappa shape index (κ1) is 14.4. The summed E-state index contributed by atoms with van der Waals surface area (Å²) in [6, 6.07) is 0. The van der Waals surface area contributed by atoms with Gasteiger partial charge in [0.2, 0.25) is 5.91 Å². The van der Waals surface area contributed by atoms with E-state index in [0.717, 1.165) is 38.6 Å². The van der Waals surface area contributed by atoms with E-state index in [4.69, 9.17) is 18.0 Å². The number of thiocarbonyl (C=S) groups is 1. The molecule has 0 bridgehead atoms. The highest BCUT2D eigenvalue weighted by atomic mass is 32.1. The second kappa shape index (κ2) is 6.34. The van der Waals surface area contributed by atoms with Crippen LogP contribution in [0.1, 0.15) is 51.9 Å². The summed E-state index contributed by atoms with van der Waals surface area (Å²) in [6.45, 7) is 2.85. The largest absolute Gasteiger partial charge is 0.392 e. The van der Waals surface area contributed by atoms with Gasteiger partial charge in [0, 0.05) is 13.6 Å². The summed E-state index contributed by atoms with van der Waals surface area (Å²) in [7, 11) is 1.86. The number of nitrogens with zero attached hydrogens (tertiary/aromatic N) is 1. The van der Waals surface area contributed by atoms with Gasteiger partial charge in [0.15, 0.2) is 0 Å². The van der Waals surface area contributed by atoms with Crippen molar-refractivity contribution in [3.05, 3.63) is 0 Å². The highest BCUT2D eigenvalue weighted by Crippen LogP contribution is 2.37. The highest BCUT2D eigenvalue weighted by Gasteiger charge is 2.42. The van der Waals surface area contributed by atoms with E-state index in [1.807, 2.05) is 7.05 Å². The quantitative estimate of drug-likeness (QED) is 0.621. The molecule has 3 nitrogen and oxygen atoms in total. The number of hydrogen-bond acceptors (Lipinski definition) is 2. The smallest absolute Gasteiger partial charge is 0.235 e. The lowest BCUT2D eigenvalue weighted by Gasteiger charge is -2.34. The molecule has 0 spiro atoms. The molecule has 0 saturated heterocycles. The SMILES string of the molecule is CCCN(C)C(=O)C1(C(N)=S)CCCCCC1. The number of amides is 1. The predicted octanol–water partition coefficient (Wildman–Crippen LogP) is 2.48. The van der Waals surface area contributed by atoms with E-state index in [-0.39, 0.29) is 5.91 Å². The van der Waals surface area contributed by atoms with Gasteiger partial charge in [-0.25, -0.2) is 0 Å². The first-order valence-corrected chi connectivity index (χ1v) is 7.01. The van der Waals surface area contributed by atoms with Gasteiger partial charge in [0.25, 0.3) is 0 Å². The van der Waals surface area contributed by atoms with Crippen LogP contribution in [0, 0.1) is 5.41 Å². The maximum absolute atomic E-state index is 12.6. The Bertz CT molecular complexity index is 283. The van der Waals surface area contributed by atoms with Crippen LogP contribution < -0.4 is 5.73 Å². The summed E-state index contributed by atoms with van der Waals surface area (Å²) in [5.41, 5.74) is 5.33. The fourth-order valence-electron chi connectivity index (χ4n) is 2.70. The molecule has 0 atom stereocenters. The minimum absolute atomic E-state index is 0.133. The number of hydrogen-bond donors (Lipinski definition) is 1. The molecule has 1 aliphatic rings. The van der Waals surface area contributed by atoms with E-state index >= 15 is 0 Å². The van der Waals surface area contributed by atoms with Crippen molar-refractivity contribution in [3.63, 3.8) is 0 Å². The number of carbonyl (C=O) groups is 1. The molecule has 1 fully saturated rings. The molecule has 0 radical (unpaired) electrons. The molecule has 4 heteroatoms. The van der Waals surface area contributed by atoms with Gasteiger partial charge in [-0.2, -0.15) is 0 Å². The molecule has 1 rings (SSSR count). The van der Waals surface area contributed by atoms with Gasteiger partial charge in [0.05, 0.1) is 10.4 Å². The molecule has 0 aliphatic heterocycles. The van der Waals surface area contributed by atoms with Crippen LogP contribution in [0.2, 0.25) is 0 Å². The van der Waals surface area contributed by atoms with Crippen LogP contribution in [-0.2, 0) is 4.79 Å². The van der Waals surface area contributed by atoms with E-state index in [1.54, 1.807) is 4.90 Å². The monoisotopic (exact) mass is 256 g/mol. The summed E-state index contributed by atoms with van der Waals surface area (Å²) >= 11 is 5.20. The average molecular weight is 256 g/mol. The Morgan fingerprint density at radius 2 is 1.82 bits per heavy atom. The molecule has 1 aliphatic carbocycles. The van der Waals surface area contributed by atoms with E-state index in [2.05, 4.69) is 6.92 Å². The molecule has 1 saturated carbocycles. The molecule has 0 aromatic rings. The zero-order valence-electron chi connectivity index (χ0n) is 11.0. The topological polar surface area (TPSA) is 46.3 Å². The van der Waals surface area contributed by atoms with Crippen molar-refractivity contribution < 1.29 is 4.79 Å². The Morgan fingerprint density at radius 3 is 2.24 bits per heavy atom. The van der Waals surface area contributed by atoms with Gasteiger partial charge in [-0.15, -0.1) is 0 Å². The van der Waals surface area contributed by atoms with Gasteiger partial charge in [-0.3, -0.25) is 4.79 Å². The van der Waals surface area contributed by atoms with Crippen LogP contribution >= 0.6 is 12.2 Å². The maximum atomic E-state index is 12.6. The van der Waals surface area contributed by atoms with Gasteiger partial charge in [-0.05, 0) is 19.3 Å². The van der Waals surface area contributed by atoms with Gasteiger partial charge in [0.1, 0.15) is 0 Å². The number of rotatable bonds is 4. The lowest BCUT2D eigenvalue weighted by atomic mass is 9.79. The van der Waals surface area contributed by atoms with Crippen LogP contribution in [0.25, 0.3) is 0 Å². The summed E-state index contributed by atoms with van der Waals surface area (Å²) in [4.78, 5) is 14.8. The van der Waals surface area contributed by atoms with Crippen LogP contribution in [0.15, 0.2) is 0 Å². The predicted molar refractivity (Wildman–Crippen MR) is 74.8 cm³/mol. The van der Waals surface area contributed by atoms with Gasteiger partial charge < -0.3 is 10.6 Å².